The molecule has 0 bridgehead atoms. The van der Waals surface area contributed by atoms with Gasteiger partial charge in [-0.3, -0.25) is 4.99 Å². The van der Waals surface area contributed by atoms with Gasteiger partial charge in [-0.25, -0.2) is 0 Å². The zero-order valence-corrected chi connectivity index (χ0v) is 17.9. The summed E-state index contributed by atoms with van der Waals surface area (Å²) in [5, 5.41) is 6.71. The maximum absolute atomic E-state index is 5.63. The summed E-state index contributed by atoms with van der Waals surface area (Å²) >= 11 is 0. The topological polar surface area (TPSA) is 58.1 Å². The second-order valence-electron chi connectivity index (χ2n) is 7.22. The van der Waals surface area contributed by atoms with Gasteiger partial charge in [-0.2, -0.15) is 0 Å². The largest absolute Gasteiger partial charge is 0.497 e. The minimum Gasteiger partial charge on any atom is -0.497 e. The number of guanidine groups is 1. The third-order valence-electron chi connectivity index (χ3n) is 4.10. The molecule has 27 heavy (non-hydrogen) atoms. The molecular formula is C21H38N4O2. The highest BCUT2D eigenvalue weighted by atomic mass is 16.5. The summed E-state index contributed by atoms with van der Waals surface area (Å²) in [5.41, 5.74) is 1.22. The van der Waals surface area contributed by atoms with Crippen LogP contribution in [0.1, 0.15) is 38.8 Å². The van der Waals surface area contributed by atoms with Crippen LogP contribution in [0.15, 0.2) is 29.3 Å². The van der Waals surface area contributed by atoms with Crippen LogP contribution in [0.2, 0.25) is 0 Å². The molecule has 0 saturated carbocycles. The van der Waals surface area contributed by atoms with Crippen LogP contribution in [0.4, 0.5) is 0 Å². The molecule has 0 fully saturated rings. The Morgan fingerprint density at radius 3 is 2.41 bits per heavy atom. The van der Waals surface area contributed by atoms with Crippen LogP contribution in [0, 0.1) is 5.92 Å². The average Bonchev–Trinajstić information content (AvgIpc) is 2.64. The first-order chi connectivity index (χ1) is 13.0. The molecular weight excluding hydrogens is 340 g/mol. The quantitative estimate of drug-likeness (QED) is 0.333. The van der Waals surface area contributed by atoms with Crippen molar-refractivity contribution in [2.75, 3.05) is 54.1 Å². The Balaban J connectivity index is 2.58. The zero-order chi connectivity index (χ0) is 20.1. The third kappa shape index (κ3) is 9.63. The lowest BCUT2D eigenvalue weighted by Crippen LogP contribution is -2.38. The molecule has 0 spiro atoms. The smallest absolute Gasteiger partial charge is 0.191 e. The van der Waals surface area contributed by atoms with Gasteiger partial charge in [-0.1, -0.05) is 26.0 Å². The SMILES string of the molecule is CCNC(=NCC(c1ccc(OC)cc1)N(C)C)NCCCOCC(C)C. The number of hydrogen-bond donors (Lipinski definition) is 2. The summed E-state index contributed by atoms with van der Waals surface area (Å²) in [5.74, 6) is 2.30. The molecule has 0 aromatic heterocycles. The van der Waals surface area contributed by atoms with Crippen molar-refractivity contribution in [2.24, 2.45) is 10.9 Å². The van der Waals surface area contributed by atoms with Crippen LogP contribution in [0.3, 0.4) is 0 Å². The molecule has 1 aromatic carbocycles. The molecule has 6 nitrogen and oxygen atoms in total. The van der Waals surface area contributed by atoms with E-state index in [0.29, 0.717) is 12.5 Å². The first-order valence-electron chi connectivity index (χ1n) is 9.88. The van der Waals surface area contributed by atoms with E-state index in [0.717, 1.165) is 44.4 Å². The van der Waals surface area contributed by atoms with Crippen LogP contribution >= 0.6 is 0 Å². The van der Waals surface area contributed by atoms with Crippen molar-refractivity contribution in [3.63, 3.8) is 0 Å². The molecule has 1 unspecified atom stereocenters. The molecule has 0 aliphatic carbocycles. The monoisotopic (exact) mass is 378 g/mol. The predicted molar refractivity (Wildman–Crippen MR) is 114 cm³/mol. The van der Waals surface area contributed by atoms with E-state index in [1.807, 2.05) is 12.1 Å². The first kappa shape index (κ1) is 23.2. The number of ether oxygens (including phenoxy) is 2. The van der Waals surface area contributed by atoms with Gasteiger partial charge < -0.3 is 25.0 Å². The second-order valence-corrected chi connectivity index (χ2v) is 7.22. The Morgan fingerprint density at radius 2 is 1.85 bits per heavy atom. The fourth-order valence-corrected chi connectivity index (χ4v) is 2.61. The van der Waals surface area contributed by atoms with E-state index < -0.39 is 0 Å². The lowest BCUT2D eigenvalue weighted by molar-refractivity contribution is 0.108. The fourth-order valence-electron chi connectivity index (χ4n) is 2.61. The summed E-state index contributed by atoms with van der Waals surface area (Å²) in [6.07, 6.45) is 0.965. The van der Waals surface area contributed by atoms with E-state index in [2.05, 4.69) is 62.5 Å². The van der Waals surface area contributed by atoms with Gasteiger partial charge in [0.25, 0.3) is 0 Å². The fraction of sp³-hybridized carbons (Fsp3) is 0.667. The maximum Gasteiger partial charge on any atom is 0.191 e. The lowest BCUT2D eigenvalue weighted by Gasteiger charge is -2.24. The number of rotatable bonds is 12. The summed E-state index contributed by atoms with van der Waals surface area (Å²) in [7, 11) is 5.85. The number of benzene rings is 1. The Morgan fingerprint density at radius 1 is 1.15 bits per heavy atom. The van der Waals surface area contributed by atoms with Crippen molar-refractivity contribution in [2.45, 2.75) is 33.2 Å². The van der Waals surface area contributed by atoms with Gasteiger partial charge in [0, 0.05) is 26.3 Å². The van der Waals surface area contributed by atoms with Crippen LogP contribution in [0.25, 0.3) is 0 Å². The summed E-state index contributed by atoms with van der Waals surface area (Å²) in [4.78, 5) is 6.97. The van der Waals surface area contributed by atoms with E-state index >= 15 is 0 Å². The van der Waals surface area contributed by atoms with Crippen LogP contribution in [-0.2, 0) is 4.74 Å². The number of nitrogens with zero attached hydrogens (tertiary/aromatic N) is 2. The summed E-state index contributed by atoms with van der Waals surface area (Å²) in [6.45, 7) is 10.4. The molecule has 1 aromatic rings. The Hall–Kier alpha value is -1.79. The highest BCUT2D eigenvalue weighted by Gasteiger charge is 2.14. The van der Waals surface area contributed by atoms with Gasteiger partial charge in [-0.15, -0.1) is 0 Å². The number of hydrogen-bond acceptors (Lipinski definition) is 4. The van der Waals surface area contributed by atoms with Crippen molar-refractivity contribution in [3.05, 3.63) is 29.8 Å². The lowest BCUT2D eigenvalue weighted by atomic mass is 10.1. The standard InChI is InChI=1S/C21H38N4O2/c1-7-22-21(23-13-8-14-27-16-17(2)3)24-15-20(25(4)5)18-9-11-19(26-6)12-10-18/h9-12,17,20H,7-8,13-16H2,1-6H3,(H2,22,23,24). The average molecular weight is 379 g/mol. The molecule has 0 amide bonds. The Bertz CT molecular complexity index is 529. The second kappa shape index (κ2) is 13.4. The number of nitrogens with one attached hydrogen (secondary N) is 2. The Labute approximate surface area is 165 Å². The van der Waals surface area contributed by atoms with Gasteiger partial charge >= 0.3 is 0 Å². The maximum atomic E-state index is 5.63. The normalized spacial score (nSPS) is 13.1. The molecule has 0 aliphatic heterocycles. The molecule has 0 aliphatic rings. The number of aliphatic imine (C=N–C) groups is 1. The summed E-state index contributed by atoms with van der Waals surface area (Å²) in [6, 6.07) is 8.41. The predicted octanol–water partition coefficient (Wildman–Crippen LogP) is 2.92. The number of likely N-dealkylation sites (N-methyl/N-ethyl adjacent to an activating group) is 1. The molecule has 0 heterocycles. The van der Waals surface area contributed by atoms with Gasteiger partial charge in [0.15, 0.2) is 5.96 Å². The highest BCUT2D eigenvalue weighted by Crippen LogP contribution is 2.21. The molecule has 1 rings (SSSR count). The van der Waals surface area contributed by atoms with Crippen molar-refractivity contribution < 1.29 is 9.47 Å². The van der Waals surface area contributed by atoms with Crippen molar-refractivity contribution in [1.29, 1.82) is 0 Å². The van der Waals surface area contributed by atoms with Crippen LogP contribution in [0.5, 0.6) is 5.75 Å². The van der Waals surface area contributed by atoms with E-state index in [9.17, 15) is 0 Å². The number of methoxy groups -OCH3 is 1. The van der Waals surface area contributed by atoms with Gasteiger partial charge in [0.2, 0.25) is 0 Å². The highest BCUT2D eigenvalue weighted by molar-refractivity contribution is 5.79. The molecule has 2 N–H and O–H groups in total. The van der Waals surface area contributed by atoms with E-state index in [4.69, 9.17) is 14.5 Å². The van der Waals surface area contributed by atoms with Crippen molar-refractivity contribution in [3.8, 4) is 5.75 Å². The van der Waals surface area contributed by atoms with E-state index in [1.165, 1.54) is 5.56 Å². The van der Waals surface area contributed by atoms with E-state index in [1.54, 1.807) is 7.11 Å². The molecule has 0 radical (unpaired) electrons. The van der Waals surface area contributed by atoms with Gasteiger partial charge in [-0.05, 0) is 51.1 Å². The minimum absolute atomic E-state index is 0.209. The third-order valence-corrected chi connectivity index (χ3v) is 4.10. The van der Waals surface area contributed by atoms with Gasteiger partial charge in [0.1, 0.15) is 5.75 Å². The molecule has 1 atom stereocenters. The molecule has 154 valence electrons. The zero-order valence-electron chi connectivity index (χ0n) is 17.9. The summed E-state index contributed by atoms with van der Waals surface area (Å²) < 4.78 is 10.9. The molecule has 6 heteroatoms. The Kier molecular flexibility index (Phi) is 11.5. The van der Waals surface area contributed by atoms with Gasteiger partial charge in [0.05, 0.1) is 19.7 Å². The van der Waals surface area contributed by atoms with E-state index in [-0.39, 0.29) is 6.04 Å². The first-order valence-corrected chi connectivity index (χ1v) is 9.88. The van der Waals surface area contributed by atoms with Crippen LogP contribution < -0.4 is 15.4 Å². The van der Waals surface area contributed by atoms with Crippen molar-refractivity contribution in [1.82, 2.24) is 15.5 Å². The molecule has 0 saturated heterocycles. The van der Waals surface area contributed by atoms with Crippen LogP contribution in [-0.4, -0.2) is 64.9 Å². The minimum atomic E-state index is 0.209. The van der Waals surface area contributed by atoms with Crippen molar-refractivity contribution >= 4 is 5.96 Å².